The van der Waals surface area contributed by atoms with Gasteiger partial charge >= 0.3 is 0 Å². The number of carbonyl (C=O) groups excluding carboxylic acids is 1. The van der Waals surface area contributed by atoms with E-state index in [2.05, 4.69) is 20.3 Å². The van der Waals surface area contributed by atoms with E-state index in [0.29, 0.717) is 0 Å². The molecule has 0 saturated carbocycles. The van der Waals surface area contributed by atoms with Gasteiger partial charge in [-0.1, -0.05) is 34.8 Å². The van der Waals surface area contributed by atoms with E-state index >= 15 is 0 Å². The maximum Gasteiger partial charge on any atom is 0.259 e. The zero-order valence-electron chi connectivity index (χ0n) is 8.69. The molecule has 0 saturated heterocycles. The van der Waals surface area contributed by atoms with Gasteiger partial charge in [0.25, 0.3) is 5.91 Å². The summed E-state index contributed by atoms with van der Waals surface area (Å²) in [6, 6.07) is 3.12. The van der Waals surface area contributed by atoms with E-state index in [0.717, 1.165) is 0 Å². The molecular weight excluding hydrogens is 298 g/mol. The van der Waals surface area contributed by atoms with Crippen molar-refractivity contribution in [3.05, 3.63) is 45.5 Å². The first-order valence-corrected chi connectivity index (χ1v) is 5.81. The summed E-state index contributed by atoms with van der Waals surface area (Å²) in [7, 11) is 0. The Labute approximate surface area is 117 Å². The largest absolute Gasteiger partial charge is 0.305 e. The molecule has 0 aromatic carbocycles. The third-order valence-corrected chi connectivity index (χ3v) is 3.03. The van der Waals surface area contributed by atoms with Gasteiger partial charge in [-0.3, -0.25) is 4.79 Å². The monoisotopic (exact) mass is 302 g/mol. The Bertz CT molecular complexity index is 605. The van der Waals surface area contributed by atoms with Crippen molar-refractivity contribution in [2.75, 3.05) is 5.32 Å². The van der Waals surface area contributed by atoms with Gasteiger partial charge in [0, 0.05) is 6.20 Å². The fourth-order valence-electron chi connectivity index (χ4n) is 1.17. The second-order valence-corrected chi connectivity index (χ2v) is 4.22. The van der Waals surface area contributed by atoms with Crippen molar-refractivity contribution in [1.82, 2.24) is 15.0 Å². The number of pyridine rings is 1. The number of anilines is 1. The van der Waals surface area contributed by atoms with E-state index in [9.17, 15) is 4.79 Å². The molecule has 0 atom stereocenters. The van der Waals surface area contributed by atoms with E-state index in [1.165, 1.54) is 18.6 Å². The van der Waals surface area contributed by atoms with Crippen LogP contribution < -0.4 is 5.32 Å². The lowest BCUT2D eigenvalue weighted by Gasteiger charge is -2.06. The van der Waals surface area contributed by atoms with E-state index in [1.54, 1.807) is 6.07 Å². The number of nitrogens with one attached hydrogen (secondary N) is 1. The maximum absolute atomic E-state index is 11.9. The van der Waals surface area contributed by atoms with Crippen molar-refractivity contribution in [3.8, 4) is 0 Å². The molecule has 2 aromatic heterocycles. The summed E-state index contributed by atoms with van der Waals surface area (Å²) in [5, 5.41) is 2.68. The summed E-state index contributed by atoms with van der Waals surface area (Å²) in [4.78, 5) is 23.2. The molecule has 1 N–H and O–H groups in total. The van der Waals surface area contributed by atoms with Crippen molar-refractivity contribution in [2.24, 2.45) is 0 Å². The van der Waals surface area contributed by atoms with Crippen LogP contribution in [0.1, 0.15) is 10.4 Å². The van der Waals surface area contributed by atoms with E-state index < -0.39 is 5.91 Å². The first-order valence-electron chi connectivity index (χ1n) is 4.67. The molecule has 2 aromatic rings. The molecular formula is C10H5Cl3N4O. The molecule has 0 radical (unpaired) electrons. The van der Waals surface area contributed by atoms with Crippen molar-refractivity contribution in [3.63, 3.8) is 0 Å². The Morgan fingerprint density at radius 3 is 2.61 bits per heavy atom. The number of amides is 1. The molecule has 1 amide bonds. The van der Waals surface area contributed by atoms with Crippen LogP contribution in [0.4, 0.5) is 5.82 Å². The molecule has 92 valence electrons. The third-order valence-electron chi connectivity index (χ3n) is 1.98. The van der Waals surface area contributed by atoms with Crippen molar-refractivity contribution in [1.29, 1.82) is 0 Å². The Morgan fingerprint density at radius 2 is 1.89 bits per heavy atom. The molecule has 2 heterocycles. The smallest absolute Gasteiger partial charge is 0.259 e. The minimum Gasteiger partial charge on any atom is -0.305 e. The summed E-state index contributed by atoms with van der Waals surface area (Å²) < 4.78 is 0. The molecule has 5 nitrogen and oxygen atoms in total. The minimum absolute atomic E-state index is 0.0549. The molecule has 0 bridgehead atoms. The predicted molar refractivity (Wildman–Crippen MR) is 69.3 cm³/mol. The maximum atomic E-state index is 11.9. The molecule has 8 heteroatoms. The Kier molecular flexibility index (Phi) is 3.96. The van der Waals surface area contributed by atoms with Gasteiger partial charge in [-0.25, -0.2) is 15.0 Å². The highest BCUT2D eigenvalue weighted by Gasteiger charge is 2.14. The molecule has 0 aliphatic rings. The molecule has 0 aliphatic carbocycles. The van der Waals surface area contributed by atoms with Crippen LogP contribution >= 0.6 is 34.8 Å². The summed E-state index contributed by atoms with van der Waals surface area (Å²) in [5.74, 6) is -0.369. The first-order chi connectivity index (χ1) is 8.59. The lowest BCUT2D eigenvalue weighted by molar-refractivity contribution is 0.102. The Hall–Kier alpha value is -1.43. The van der Waals surface area contributed by atoms with Crippen molar-refractivity contribution >= 4 is 46.5 Å². The van der Waals surface area contributed by atoms with Crippen LogP contribution in [0.5, 0.6) is 0 Å². The highest BCUT2D eigenvalue weighted by atomic mass is 35.5. The molecule has 18 heavy (non-hydrogen) atoms. The average molecular weight is 304 g/mol. The summed E-state index contributed by atoms with van der Waals surface area (Å²) in [6.45, 7) is 0. The van der Waals surface area contributed by atoms with Crippen molar-refractivity contribution in [2.45, 2.75) is 0 Å². The zero-order chi connectivity index (χ0) is 13.1. The number of halogens is 3. The van der Waals surface area contributed by atoms with Gasteiger partial charge in [0.2, 0.25) is 0 Å². The van der Waals surface area contributed by atoms with Crippen LogP contribution in [-0.2, 0) is 0 Å². The summed E-state index contributed by atoms with van der Waals surface area (Å²) in [6.07, 6.45) is 2.67. The molecule has 0 unspecified atom stereocenters. The van der Waals surface area contributed by atoms with E-state index in [1.807, 2.05) is 0 Å². The second-order valence-electron chi connectivity index (χ2n) is 3.12. The van der Waals surface area contributed by atoms with Gasteiger partial charge in [-0.15, -0.1) is 0 Å². The Morgan fingerprint density at radius 1 is 1.11 bits per heavy atom. The van der Waals surface area contributed by atoms with Crippen LogP contribution in [0.2, 0.25) is 15.3 Å². The normalized spacial score (nSPS) is 10.2. The molecule has 0 spiro atoms. The number of aromatic nitrogens is 3. The van der Waals surface area contributed by atoms with Crippen LogP contribution in [0.3, 0.4) is 0 Å². The lowest BCUT2D eigenvalue weighted by atomic mass is 10.2. The molecule has 0 aliphatic heterocycles. The predicted octanol–water partition coefficient (Wildman–Crippen LogP) is 3.08. The van der Waals surface area contributed by atoms with Gasteiger partial charge in [0.05, 0.1) is 5.56 Å². The van der Waals surface area contributed by atoms with Gasteiger partial charge in [-0.2, -0.15) is 0 Å². The third kappa shape index (κ3) is 2.69. The second kappa shape index (κ2) is 5.48. The Balaban J connectivity index is 2.27. The van der Waals surface area contributed by atoms with Gasteiger partial charge in [0.15, 0.2) is 11.0 Å². The number of hydrogen-bond acceptors (Lipinski definition) is 4. The highest BCUT2D eigenvalue weighted by molar-refractivity contribution is 6.43. The quantitative estimate of drug-likeness (QED) is 0.684. The fraction of sp³-hybridized carbons (Fsp3) is 0. The number of rotatable bonds is 2. The molecule has 0 fully saturated rings. The van der Waals surface area contributed by atoms with E-state index in [-0.39, 0.29) is 26.7 Å². The summed E-state index contributed by atoms with van der Waals surface area (Å²) >= 11 is 17.3. The highest BCUT2D eigenvalue weighted by Crippen LogP contribution is 2.26. The van der Waals surface area contributed by atoms with Gasteiger partial charge in [-0.05, 0) is 12.1 Å². The molecule has 2 rings (SSSR count). The zero-order valence-corrected chi connectivity index (χ0v) is 11.0. The van der Waals surface area contributed by atoms with Gasteiger partial charge in [0.1, 0.15) is 16.5 Å². The summed E-state index contributed by atoms with van der Waals surface area (Å²) in [5.41, 5.74) is 0.213. The minimum atomic E-state index is -0.482. The lowest BCUT2D eigenvalue weighted by Crippen LogP contribution is -2.14. The number of nitrogens with zero attached hydrogens (tertiary/aromatic N) is 3. The van der Waals surface area contributed by atoms with Crippen LogP contribution in [0.15, 0.2) is 24.7 Å². The standard InChI is InChI=1S/C10H5Cl3N4O/c11-6-8(13)15-4-16-9(6)17-10(18)5-2-1-3-14-7(5)12/h1-4H,(H,15,16,17,18). The van der Waals surface area contributed by atoms with Crippen molar-refractivity contribution < 1.29 is 4.79 Å². The number of hydrogen-bond donors (Lipinski definition) is 1. The van der Waals surface area contributed by atoms with E-state index in [4.69, 9.17) is 34.8 Å². The SMILES string of the molecule is O=C(Nc1ncnc(Cl)c1Cl)c1cccnc1Cl. The van der Waals surface area contributed by atoms with Gasteiger partial charge < -0.3 is 5.32 Å². The number of carbonyl (C=O) groups is 1. The first kappa shape index (κ1) is 13.0. The fourth-order valence-corrected chi connectivity index (χ4v) is 1.65. The van der Waals surface area contributed by atoms with Crippen LogP contribution in [-0.4, -0.2) is 20.9 Å². The topological polar surface area (TPSA) is 67.8 Å². The average Bonchev–Trinajstić information content (AvgIpc) is 2.35. The van der Waals surface area contributed by atoms with Crippen LogP contribution in [0.25, 0.3) is 0 Å². The van der Waals surface area contributed by atoms with Crippen LogP contribution in [0, 0.1) is 0 Å².